The fourth-order valence-corrected chi connectivity index (χ4v) is 5.74. The number of hydrogen-bond acceptors (Lipinski definition) is 7. The molecule has 13 heteroatoms. The van der Waals surface area contributed by atoms with Crippen molar-refractivity contribution in [2.45, 2.75) is 11.2 Å². The van der Waals surface area contributed by atoms with E-state index in [4.69, 9.17) is 16.7 Å². The first-order valence-electron chi connectivity index (χ1n) is 11.0. The minimum Gasteiger partial charge on any atom is -0.465 e. The number of tetrazole rings is 1. The maximum absolute atomic E-state index is 13.5. The van der Waals surface area contributed by atoms with Crippen molar-refractivity contribution in [1.82, 2.24) is 34.3 Å². The Morgan fingerprint density at radius 1 is 1.08 bits per heavy atom. The lowest BCUT2D eigenvalue weighted by Gasteiger charge is -2.19. The van der Waals surface area contributed by atoms with Gasteiger partial charge in [-0.25, -0.2) is 9.78 Å². The molecule has 2 N–H and O–H groups in total. The third-order valence-corrected chi connectivity index (χ3v) is 7.31. The van der Waals surface area contributed by atoms with Crippen molar-refractivity contribution in [3.05, 3.63) is 88.8 Å². The van der Waals surface area contributed by atoms with Crippen LogP contribution >= 0.6 is 23.4 Å². The number of rotatable bonds is 5. The number of pyridine rings is 1. The summed E-state index contributed by atoms with van der Waals surface area (Å²) in [5.74, 6) is 0.635. The number of hydrogen-bond donors (Lipinski definition) is 2. The maximum Gasteiger partial charge on any atom is 0.409 e. The summed E-state index contributed by atoms with van der Waals surface area (Å²) >= 11 is 7.87. The Balaban J connectivity index is 1.38. The Hall–Kier alpha value is -4.42. The number of carbonyl (C=O) groups is 1. The van der Waals surface area contributed by atoms with E-state index < -0.39 is 6.09 Å². The van der Waals surface area contributed by atoms with Gasteiger partial charge >= 0.3 is 6.09 Å². The molecule has 3 aromatic heterocycles. The predicted molar refractivity (Wildman–Crippen MR) is 138 cm³/mol. The summed E-state index contributed by atoms with van der Waals surface area (Å²) in [5.41, 5.74) is 4.12. The summed E-state index contributed by atoms with van der Waals surface area (Å²) in [6, 6.07) is 15.9. The van der Waals surface area contributed by atoms with E-state index in [1.54, 1.807) is 59.2 Å². The van der Waals surface area contributed by atoms with Crippen LogP contribution in [0.3, 0.4) is 0 Å². The Morgan fingerprint density at radius 2 is 1.92 bits per heavy atom. The molecule has 1 amide bonds. The van der Waals surface area contributed by atoms with Crippen molar-refractivity contribution in [2.24, 2.45) is 0 Å². The number of amides is 1. The van der Waals surface area contributed by atoms with E-state index in [0.29, 0.717) is 27.7 Å². The Morgan fingerprint density at radius 3 is 2.68 bits per heavy atom. The first kappa shape index (κ1) is 23.0. The van der Waals surface area contributed by atoms with Crippen molar-refractivity contribution in [3.8, 4) is 28.1 Å². The summed E-state index contributed by atoms with van der Waals surface area (Å²) in [4.78, 5) is 28.7. The van der Waals surface area contributed by atoms with E-state index in [9.17, 15) is 9.59 Å². The van der Waals surface area contributed by atoms with Crippen LogP contribution < -0.4 is 10.9 Å². The molecule has 37 heavy (non-hydrogen) atoms. The van der Waals surface area contributed by atoms with Crippen LogP contribution in [0.25, 0.3) is 28.1 Å². The van der Waals surface area contributed by atoms with Gasteiger partial charge in [0.05, 0.1) is 28.9 Å². The van der Waals surface area contributed by atoms with E-state index in [2.05, 4.69) is 25.8 Å². The lowest BCUT2D eigenvalue weighted by molar-refractivity contribution is 0.209. The second-order valence-electron chi connectivity index (χ2n) is 8.19. The fourth-order valence-electron chi connectivity index (χ4n) is 4.38. The molecule has 0 aliphatic carbocycles. The molecule has 0 fully saturated rings. The van der Waals surface area contributed by atoms with Crippen LogP contribution in [-0.4, -0.2) is 51.3 Å². The fraction of sp³-hybridized carbons (Fsp3) is 0.0833. The van der Waals surface area contributed by atoms with Crippen molar-refractivity contribution in [2.75, 3.05) is 11.1 Å². The number of benzene rings is 2. The van der Waals surface area contributed by atoms with Crippen molar-refractivity contribution in [3.63, 3.8) is 0 Å². The van der Waals surface area contributed by atoms with Gasteiger partial charge in [0.1, 0.15) is 12.5 Å². The van der Waals surface area contributed by atoms with Crippen molar-refractivity contribution >= 4 is 35.1 Å². The Kier molecular flexibility index (Phi) is 5.74. The summed E-state index contributed by atoms with van der Waals surface area (Å²) in [7, 11) is 0. The Labute approximate surface area is 218 Å². The number of anilines is 1. The van der Waals surface area contributed by atoms with Crippen LogP contribution in [0.15, 0.2) is 83.3 Å². The molecule has 5 aromatic rings. The number of nitrogens with zero attached hydrogens (tertiary/aromatic N) is 7. The maximum atomic E-state index is 13.5. The number of carboxylic acid groups (broad SMARTS) is 1. The highest BCUT2D eigenvalue weighted by Crippen LogP contribution is 2.38. The molecule has 0 spiro atoms. The third kappa shape index (κ3) is 4.26. The van der Waals surface area contributed by atoms with Gasteiger partial charge in [0.2, 0.25) is 0 Å². The van der Waals surface area contributed by atoms with Crippen LogP contribution in [0.1, 0.15) is 6.17 Å². The van der Waals surface area contributed by atoms with Gasteiger partial charge in [-0.2, -0.15) is 4.68 Å². The molecule has 6 rings (SSSR count). The molecule has 1 aliphatic heterocycles. The molecule has 0 radical (unpaired) electrons. The molecular formula is C24H17ClN8O3S. The minimum atomic E-state index is -1.13. The van der Waals surface area contributed by atoms with Gasteiger partial charge in [-0.05, 0) is 58.0 Å². The van der Waals surface area contributed by atoms with Gasteiger partial charge < -0.3 is 9.67 Å². The van der Waals surface area contributed by atoms with E-state index in [1.807, 2.05) is 28.8 Å². The molecule has 1 atom stereocenters. The quantitative estimate of drug-likeness (QED) is 0.343. The van der Waals surface area contributed by atoms with Gasteiger partial charge in [0.15, 0.2) is 0 Å². The zero-order chi connectivity index (χ0) is 25.5. The van der Waals surface area contributed by atoms with Crippen LogP contribution in [0.2, 0.25) is 5.02 Å². The monoisotopic (exact) mass is 532 g/mol. The van der Waals surface area contributed by atoms with E-state index in [1.165, 1.54) is 11.0 Å². The van der Waals surface area contributed by atoms with Gasteiger partial charge in [-0.3, -0.25) is 14.7 Å². The number of halogens is 1. The van der Waals surface area contributed by atoms with Crippen LogP contribution in [0.4, 0.5) is 10.5 Å². The number of thioether (sulfide) groups is 1. The lowest BCUT2D eigenvalue weighted by atomic mass is 10.0. The predicted octanol–water partition coefficient (Wildman–Crippen LogP) is 4.25. The van der Waals surface area contributed by atoms with Crippen molar-refractivity contribution in [1.29, 1.82) is 0 Å². The summed E-state index contributed by atoms with van der Waals surface area (Å²) in [5, 5.41) is 24.0. The first-order valence-corrected chi connectivity index (χ1v) is 12.4. The molecule has 0 bridgehead atoms. The van der Waals surface area contributed by atoms with E-state index in [-0.39, 0.29) is 11.7 Å². The number of imidazole rings is 1. The molecule has 4 heterocycles. The van der Waals surface area contributed by atoms with Crippen LogP contribution in [-0.2, 0) is 0 Å². The first-order chi connectivity index (χ1) is 18.0. The highest BCUT2D eigenvalue weighted by molar-refractivity contribution is 7.99. The SMILES string of the molecule is O=C(O)Nc1ccc(-c2cncn2[C@H]2CSc3cc(-c4cc(Cl)ccc4-n4cnnn4)cc(=O)n32)cc1. The molecule has 2 aromatic carbocycles. The number of fused-ring (bicyclic) bond motifs is 1. The largest absolute Gasteiger partial charge is 0.465 e. The zero-order valence-corrected chi connectivity index (χ0v) is 20.5. The van der Waals surface area contributed by atoms with Gasteiger partial charge in [-0.15, -0.1) is 16.9 Å². The molecule has 0 saturated heterocycles. The zero-order valence-electron chi connectivity index (χ0n) is 18.9. The summed E-state index contributed by atoms with van der Waals surface area (Å²) in [6.07, 6.45) is 3.51. The topological polar surface area (TPSA) is 133 Å². The minimum absolute atomic E-state index is 0.161. The van der Waals surface area contributed by atoms with Gasteiger partial charge in [-0.1, -0.05) is 23.7 Å². The third-order valence-electron chi connectivity index (χ3n) is 6.00. The normalized spacial score (nSPS) is 14.5. The summed E-state index contributed by atoms with van der Waals surface area (Å²) in [6.45, 7) is 0. The number of aromatic nitrogens is 7. The summed E-state index contributed by atoms with van der Waals surface area (Å²) < 4.78 is 5.23. The molecule has 0 unspecified atom stereocenters. The second-order valence-corrected chi connectivity index (χ2v) is 9.67. The standard InChI is InChI=1S/C24H17ClN8O3S/c25-16-3-6-19(32-13-27-29-30-32)18(9-16)15-7-22(34)33-21(11-37-23(33)8-15)31-12-26-10-20(31)14-1-4-17(5-2-14)28-24(35)36/h1-10,12-13,21,28H,11H2,(H,35,36)/t21-/m1/s1. The average Bonchev–Trinajstić information content (AvgIpc) is 3.64. The highest BCUT2D eigenvalue weighted by atomic mass is 35.5. The lowest BCUT2D eigenvalue weighted by Crippen LogP contribution is -2.27. The van der Waals surface area contributed by atoms with Crippen molar-refractivity contribution < 1.29 is 9.90 Å². The highest BCUT2D eigenvalue weighted by Gasteiger charge is 2.28. The molecule has 11 nitrogen and oxygen atoms in total. The van der Waals surface area contributed by atoms with E-state index >= 15 is 0 Å². The molecule has 1 aliphatic rings. The molecule has 0 saturated carbocycles. The second kappa shape index (κ2) is 9.22. The van der Waals surface area contributed by atoms with Crippen LogP contribution in [0.5, 0.6) is 0 Å². The Bertz CT molecular complexity index is 1680. The molecular weight excluding hydrogens is 516 g/mol. The molecule has 184 valence electrons. The smallest absolute Gasteiger partial charge is 0.409 e. The van der Waals surface area contributed by atoms with Gasteiger partial charge in [0.25, 0.3) is 5.56 Å². The average molecular weight is 533 g/mol. The van der Waals surface area contributed by atoms with E-state index in [0.717, 1.165) is 21.8 Å². The van der Waals surface area contributed by atoms with Gasteiger partial charge in [0, 0.05) is 28.1 Å². The number of nitrogens with one attached hydrogen (secondary N) is 1. The van der Waals surface area contributed by atoms with Crippen LogP contribution in [0, 0.1) is 0 Å².